The molecule has 3 aliphatic carbocycles. The molecule has 0 aromatic carbocycles. The van der Waals surface area contributed by atoms with Crippen molar-refractivity contribution in [1.82, 2.24) is 5.48 Å². The lowest BCUT2D eigenvalue weighted by molar-refractivity contribution is -0.177. The van der Waals surface area contributed by atoms with E-state index >= 15 is 0 Å². The fourth-order valence-electron chi connectivity index (χ4n) is 6.57. The molecule has 272 valence electrons. The summed E-state index contributed by atoms with van der Waals surface area (Å²) < 4.78 is 11.7. The van der Waals surface area contributed by atoms with Crippen LogP contribution < -0.4 is 5.48 Å². The minimum Gasteiger partial charge on any atom is -0.450 e. The number of hydrogen-bond donors (Lipinski definition) is 5. The molecule has 1 saturated heterocycles. The number of allylic oxidation sites excluding steroid dienone is 3. The Morgan fingerprint density at radius 3 is 2.28 bits per heavy atom. The molecule has 0 spiro atoms. The van der Waals surface area contributed by atoms with Crippen LogP contribution >= 0.6 is 24.2 Å². The molecule has 3 fully saturated rings. The van der Waals surface area contributed by atoms with Crippen molar-refractivity contribution in [3.8, 4) is 0 Å². The monoisotopic (exact) mass is 705 g/mol. The average Bonchev–Trinajstić information content (AvgIpc) is 3.83. The quantitative estimate of drug-likeness (QED) is 0.0298. The number of ketones is 1. The van der Waals surface area contributed by atoms with Gasteiger partial charge in [-0.05, 0) is 68.2 Å². The first-order valence-corrected chi connectivity index (χ1v) is 17.5. The maximum Gasteiger partial charge on any atom is 0.306 e. The third kappa shape index (κ3) is 11.4. The summed E-state index contributed by atoms with van der Waals surface area (Å²) in [5.41, 5.74) is 1.29. The van der Waals surface area contributed by atoms with Crippen molar-refractivity contribution in [3.63, 3.8) is 0 Å². The van der Waals surface area contributed by atoms with Crippen LogP contribution in [0.2, 0.25) is 0 Å². The summed E-state index contributed by atoms with van der Waals surface area (Å²) in [6, 6.07) is 0. The highest BCUT2D eigenvalue weighted by molar-refractivity contribution is 7.83. The lowest BCUT2D eigenvalue weighted by Crippen LogP contribution is -2.64. The zero-order valence-electron chi connectivity index (χ0n) is 30.0. The Morgan fingerprint density at radius 1 is 1.17 bits per heavy atom. The maximum atomic E-state index is 14.1. The highest BCUT2D eigenvalue weighted by atomic mass is 35.5. The van der Waals surface area contributed by atoms with Gasteiger partial charge in [0.15, 0.2) is 11.9 Å². The fraction of sp³-hybridized carbons (Fsp3) is 0.743. The molecule has 1 heterocycles. The van der Waals surface area contributed by atoms with Crippen LogP contribution in [-0.2, 0) is 28.7 Å². The third-order valence-electron chi connectivity index (χ3n) is 9.46. The second kappa shape index (κ2) is 21.4. The average molecular weight is 706 g/mol. The predicted molar refractivity (Wildman–Crippen MR) is 189 cm³/mol. The van der Waals surface area contributed by atoms with E-state index in [-0.39, 0.29) is 35.6 Å². The summed E-state index contributed by atoms with van der Waals surface area (Å²) in [6.45, 7) is 15.4. The first kappa shape index (κ1) is 45.3. The van der Waals surface area contributed by atoms with Gasteiger partial charge in [0.2, 0.25) is 5.24 Å². The first-order valence-electron chi connectivity index (χ1n) is 16.6. The minimum atomic E-state index is -1.12. The number of ether oxygens (including phenoxy) is 2. The highest BCUT2D eigenvalue weighted by Crippen LogP contribution is 2.61. The number of Topliss-reactive ketones (excluding diaryl/α,β-unsaturated/α-hetero) is 1. The van der Waals surface area contributed by atoms with Gasteiger partial charge in [-0.25, -0.2) is 0 Å². The van der Waals surface area contributed by atoms with Crippen molar-refractivity contribution < 1.29 is 44.0 Å². The molecule has 1 aliphatic heterocycles. The van der Waals surface area contributed by atoms with Gasteiger partial charge in [-0.1, -0.05) is 59.6 Å². The summed E-state index contributed by atoms with van der Waals surface area (Å²) >= 11 is 8.64. The molecule has 7 unspecified atom stereocenters. The lowest BCUT2D eigenvalue weighted by atomic mass is 9.50. The van der Waals surface area contributed by atoms with Crippen LogP contribution in [0.5, 0.6) is 0 Å². The number of hydrogen-bond acceptors (Lipinski definition) is 11. The van der Waals surface area contributed by atoms with E-state index in [1.54, 1.807) is 38.5 Å². The number of fused-ring (bicyclic) bond motifs is 5. The van der Waals surface area contributed by atoms with E-state index in [2.05, 4.69) is 22.9 Å². The van der Waals surface area contributed by atoms with Gasteiger partial charge in [-0.15, -0.1) is 0 Å². The normalized spacial score (nSPS) is 31.4. The molecule has 2 saturated carbocycles. The molecule has 0 aromatic heterocycles. The van der Waals surface area contributed by atoms with Crippen molar-refractivity contribution in [1.29, 1.82) is 0 Å². The summed E-state index contributed by atoms with van der Waals surface area (Å²) in [6.07, 6.45) is 7.14. The number of unbranched alkanes of at least 4 members (excludes halogenated alkanes) is 1. The van der Waals surface area contributed by atoms with Gasteiger partial charge in [0.05, 0.1) is 29.3 Å². The molecule has 4 N–H and O–H groups in total. The highest BCUT2D eigenvalue weighted by Gasteiger charge is 2.69. The van der Waals surface area contributed by atoms with E-state index in [9.17, 15) is 24.6 Å². The van der Waals surface area contributed by atoms with E-state index in [0.717, 1.165) is 24.7 Å². The largest absolute Gasteiger partial charge is 0.450 e. The van der Waals surface area contributed by atoms with Crippen LogP contribution in [0.25, 0.3) is 0 Å². The van der Waals surface area contributed by atoms with Crippen molar-refractivity contribution in [2.45, 2.75) is 137 Å². The standard InChI is InChI=1S/C24H36O6.C5H9NOS.C3H5ClO.C2H6.CH4O/c1-6-7-8-17(26)30-20-18-13(2)9-10-24(28,22(18,3)4)12-14-19-15(29-19)11-16(25)23(14,5)21(20)27;1-6-7-4-2-3-5-8;1-2-3(4)5;2*1-2/h14-16,19-20,25,28H,6-12H2,1-5H3;2-6,8H,1H3;2H2,1H3;1-2H3;2H,1H3/b;4-2-,5-3-;;;. The third-order valence-corrected chi connectivity index (χ3v) is 9.90. The summed E-state index contributed by atoms with van der Waals surface area (Å²) in [4.78, 5) is 40.9. The summed E-state index contributed by atoms with van der Waals surface area (Å²) in [5.74, 6) is -0.947. The Bertz CT molecular complexity index is 1090. The molecule has 2 bridgehead atoms. The van der Waals surface area contributed by atoms with Crippen LogP contribution in [0.4, 0.5) is 0 Å². The van der Waals surface area contributed by atoms with Gasteiger partial charge in [-0.2, -0.15) is 18.1 Å². The Hall–Kier alpha value is -1.73. The minimum absolute atomic E-state index is 0.0529. The number of carbonyl (C=O) groups excluding carboxylic acids is 3. The second-order valence-electron chi connectivity index (χ2n) is 12.4. The Labute approximate surface area is 292 Å². The molecule has 4 aliphatic rings. The number of aliphatic hydroxyl groups is 3. The zero-order chi connectivity index (χ0) is 36.6. The van der Waals surface area contributed by atoms with Crippen LogP contribution in [-0.4, -0.2) is 76.5 Å². The number of thiol groups is 1. The molecule has 7 atom stereocenters. The number of carbonyl (C=O) groups is 3. The number of halogens is 1. The van der Waals surface area contributed by atoms with Gasteiger partial charge in [0, 0.05) is 44.8 Å². The number of esters is 1. The zero-order valence-corrected chi connectivity index (χ0v) is 31.6. The summed E-state index contributed by atoms with van der Waals surface area (Å²) in [7, 11) is 2.69. The van der Waals surface area contributed by atoms with Crippen molar-refractivity contribution in [2.24, 2.45) is 16.7 Å². The molecule has 4 rings (SSSR count). The van der Waals surface area contributed by atoms with Crippen LogP contribution in [0.3, 0.4) is 0 Å². The van der Waals surface area contributed by atoms with E-state index < -0.39 is 34.6 Å². The number of aliphatic hydroxyl groups excluding tert-OH is 2. The Morgan fingerprint density at radius 2 is 1.77 bits per heavy atom. The van der Waals surface area contributed by atoms with Gasteiger partial charge in [-0.3, -0.25) is 14.4 Å². The topological polar surface area (TPSA) is 155 Å². The Balaban J connectivity index is 0.00000104. The molecule has 12 heteroatoms. The van der Waals surface area contributed by atoms with Crippen molar-refractivity contribution in [2.75, 3.05) is 14.2 Å². The van der Waals surface area contributed by atoms with Gasteiger partial charge < -0.3 is 29.6 Å². The predicted octanol–water partition coefficient (Wildman–Crippen LogP) is 5.97. The van der Waals surface area contributed by atoms with Crippen LogP contribution in [0.1, 0.15) is 107 Å². The van der Waals surface area contributed by atoms with E-state index in [0.29, 0.717) is 38.5 Å². The number of nitrogens with one attached hydrogen (secondary N) is 1. The lowest BCUT2D eigenvalue weighted by Gasteiger charge is -2.56. The maximum absolute atomic E-state index is 14.1. The van der Waals surface area contributed by atoms with Gasteiger partial charge in [0.25, 0.3) is 0 Å². The Kier molecular flexibility index (Phi) is 20.6. The number of epoxide rings is 1. The van der Waals surface area contributed by atoms with Gasteiger partial charge in [0.1, 0.15) is 6.26 Å². The first-order chi connectivity index (χ1) is 22.2. The van der Waals surface area contributed by atoms with Gasteiger partial charge >= 0.3 is 5.97 Å². The van der Waals surface area contributed by atoms with Crippen molar-refractivity contribution in [3.05, 3.63) is 35.0 Å². The number of hydroxylamine groups is 1. The smallest absolute Gasteiger partial charge is 0.306 e. The molecule has 0 aromatic rings. The molecule has 10 nitrogen and oxygen atoms in total. The second-order valence-corrected chi connectivity index (χ2v) is 13.1. The SMILES string of the molecule is CC.CCC(=O)Cl.CCCCC(=O)OC1C(=O)C2(C)C(O)CC3OC3C2CC2(O)CCC(C)=C1C2(C)C.CNO/C=C\C=C/S.CO. The molecule has 0 amide bonds. The van der Waals surface area contributed by atoms with E-state index in [1.165, 1.54) is 6.26 Å². The molecular formula is C35H60ClNO9S. The molecular weight excluding hydrogens is 646 g/mol. The molecule has 47 heavy (non-hydrogen) atoms. The van der Waals surface area contributed by atoms with Crippen LogP contribution in [0.15, 0.2) is 35.0 Å². The van der Waals surface area contributed by atoms with Crippen molar-refractivity contribution >= 4 is 41.2 Å². The van der Waals surface area contributed by atoms with Crippen LogP contribution in [0, 0.1) is 16.7 Å². The van der Waals surface area contributed by atoms with E-state index in [4.69, 9.17) is 26.2 Å². The van der Waals surface area contributed by atoms with E-state index in [1.807, 2.05) is 41.5 Å². The summed E-state index contributed by atoms with van der Waals surface area (Å²) in [5, 5.41) is 31.3. The fourth-order valence-corrected chi connectivity index (χ4v) is 6.67. The number of rotatable bonds is 8. The molecule has 0 radical (unpaired) electrons.